The standard InChI is InChI=1S/C30H58N2O6/c1-2-3-4-5-8-11-24(33)12-9-6-7-10-13-25(29(36)37)26(34)14-16-30(38)21-23(19-27(30)35)18-22-15-17-32-28(31)20-22/h22-28,32-35,38H,2-21,31H2,1H3,(H,36,37)/t22?,23-,24-,25-,26+,27+,28?,30-/m0/s1. The molecule has 2 fully saturated rings. The molecular weight excluding hydrogens is 484 g/mol. The number of carbonyl (C=O) groups is 1. The fourth-order valence-electron chi connectivity index (χ4n) is 6.83. The molecule has 8 heteroatoms. The molecule has 8 atom stereocenters. The highest BCUT2D eigenvalue weighted by Crippen LogP contribution is 2.42. The van der Waals surface area contributed by atoms with E-state index in [9.17, 15) is 30.3 Å². The summed E-state index contributed by atoms with van der Waals surface area (Å²) in [4.78, 5) is 11.7. The molecule has 1 aliphatic carbocycles. The number of rotatable bonds is 20. The molecular formula is C30H58N2O6. The van der Waals surface area contributed by atoms with E-state index in [0.717, 1.165) is 64.3 Å². The van der Waals surface area contributed by atoms with E-state index in [-0.39, 0.29) is 31.0 Å². The van der Waals surface area contributed by atoms with E-state index < -0.39 is 29.7 Å². The number of hydrogen-bond acceptors (Lipinski definition) is 7. The molecule has 8 N–H and O–H groups in total. The van der Waals surface area contributed by atoms with E-state index in [4.69, 9.17) is 5.73 Å². The highest BCUT2D eigenvalue weighted by Gasteiger charge is 2.46. The lowest BCUT2D eigenvalue weighted by Crippen LogP contribution is -2.94. The number of hydrogen-bond donors (Lipinski definition) is 6. The van der Waals surface area contributed by atoms with Crippen LogP contribution in [0.15, 0.2) is 0 Å². The first-order valence-corrected chi connectivity index (χ1v) is 15.7. The minimum absolute atomic E-state index is 0.132. The summed E-state index contributed by atoms with van der Waals surface area (Å²) in [5.41, 5.74) is 4.79. The van der Waals surface area contributed by atoms with E-state index in [1.165, 1.54) is 25.7 Å². The molecule has 0 amide bonds. The number of aliphatic hydroxyl groups is 4. The number of carboxylic acids is 1. The van der Waals surface area contributed by atoms with E-state index >= 15 is 0 Å². The molecule has 0 radical (unpaired) electrons. The molecule has 224 valence electrons. The van der Waals surface area contributed by atoms with E-state index in [0.29, 0.717) is 31.6 Å². The molecule has 0 aromatic carbocycles. The minimum atomic E-state index is -1.28. The normalized spacial score (nSPS) is 30.3. The van der Waals surface area contributed by atoms with E-state index in [1.54, 1.807) is 0 Å². The largest absolute Gasteiger partial charge is 0.550 e. The quantitative estimate of drug-likeness (QED) is 0.127. The molecule has 2 aliphatic rings. The number of unbranched alkanes of at least 4 members (excludes halogenated alkanes) is 7. The van der Waals surface area contributed by atoms with Crippen molar-refractivity contribution in [1.82, 2.24) is 0 Å². The Kier molecular flexibility index (Phi) is 15.7. The number of aliphatic hydroxyl groups excluding tert-OH is 3. The Bertz CT molecular complexity index is 652. The zero-order valence-corrected chi connectivity index (χ0v) is 23.9. The lowest BCUT2D eigenvalue weighted by atomic mass is 9.83. The van der Waals surface area contributed by atoms with Gasteiger partial charge >= 0.3 is 0 Å². The van der Waals surface area contributed by atoms with Gasteiger partial charge in [-0.1, -0.05) is 64.7 Å². The van der Waals surface area contributed by atoms with Crippen molar-refractivity contribution < 1.29 is 35.6 Å². The van der Waals surface area contributed by atoms with Crippen LogP contribution in [0.2, 0.25) is 0 Å². The summed E-state index contributed by atoms with van der Waals surface area (Å²) in [6, 6.07) is 0. The van der Waals surface area contributed by atoms with Crippen LogP contribution in [0.5, 0.6) is 0 Å². The third-order valence-electron chi connectivity index (χ3n) is 9.22. The first kappa shape index (κ1) is 33.4. The summed E-state index contributed by atoms with van der Waals surface area (Å²) in [6.45, 7) is 3.21. The Morgan fingerprint density at radius 3 is 2.21 bits per heavy atom. The number of carboxylic acid groups (broad SMARTS) is 1. The summed E-state index contributed by atoms with van der Waals surface area (Å²) in [6.07, 6.45) is 13.6. The van der Waals surface area contributed by atoms with Crippen LogP contribution in [0.25, 0.3) is 0 Å². The smallest absolute Gasteiger partial charge is 0.137 e. The maximum absolute atomic E-state index is 11.7. The second-order valence-electron chi connectivity index (χ2n) is 12.6. The van der Waals surface area contributed by atoms with Gasteiger partial charge in [0, 0.05) is 18.3 Å². The molecule has 1 aliphatic heterocycles. The fourth-order valence-corrected chi connectivity index (χ4v) is 6.83. The van der Waals surface area contributed by atoms with Crippen molar-refractivity contribution in [2.45, 2.75) is 159 Å². The van der Waals surface area contributed by atoms with Crippen LogP contribution in [-0.4, -0.2) is 63.0 Å². The van der Waals surface area contributed by atoms with Gasteiger partial charge in [-0.3, -0.25) is 5.73 Å². The summed E-state index contributed by atoms with van der Waals surface area (Å²) in [5.74, 6) is -1.49. The number of nitrogens with two attached hydrogens (primary N) is 2. The van der Waals surface area contributed by atoms with Crippen molar-refractivity contribution in [2.75, 3.05) is 6.54 Å². The highest BCUT2D eigenvalue weighted by atomic mass is 16.4. The van der Waals surface area contributed by atoms with E-state index in [2.05, 4.69) is 12.2 Å². The van der Waals surface area contributed by atoms with Gasteiger partial charge in [-0.05, 0) is 69.6 Å². The zero-order chi connectivity index (χ0) is 28.0. The maximum atomic E-state index is 11.7. The molecule has 38 heavy (non-hydrogen) atoms. The minimum Gasteiger partial charge on any atom is -0.550 e. The number of piperidine rings is 1. The number of quaternary nitrogens is 1. The Balaban J connectivity index is 1.64. The van der Waals surface area contributed by atoms with Gasteiger partial charge in [0.05, 0.1) is 30.5 Å². The number of aliphatic carboxylic acids is 1. The predicted octanol–water partition coefficient (Wildman–Crippen LogP) is 1.71. The van der Waals surface area contributed by atoms with Crippen molar-refractivity contribution in [3.63, 3.8) is 0 Å². The van der Waals surface area contributed by atoms with Crippen molar-refractivity contribution in [3.05, 3.63) is 0 Å². The van der Waals surface area contributed by atoms with Gasteiger partial charge in [-0.15, -0.1) is 0 Å². The Labute approximate surface area is 230 Å². The topological polar surface area (TPSA) is 164 Å². The van der Waals surface area contributed by atoms with Gasteiger partial charge in [0.15, 0.2) is 0 Å². The second kappa shape index (κ2) is 17.8. The van der Waals surface area contributed by atoms with Crippen LogP contribution in [0, 0.1) is 17.8 Å². The van der Waals surface area contributed by atoms with Crippen LogP contribution in [0.3, 0.4) is 0 Å². The zero-order valence-electron chi connectivity index (χ0n) is 23.9. The second-order valence-corrected chi connectivity index (χ2v) is 12.6. The summed E-state index contributed by atoms with van der Waals surface area (Å²) in [7, 11) is 0. The summed E-state index contributed by atoms with van der Waals surface area (Å²) < 4.78 is 0. The average molecular weight is 543 g/mol. The predicted molar refractivity (Wildman–Crippen MR) is 147 cm³/mol. The lowest BCUT2D eigenvalue weighted by molar-refractivity contribution is -0.699. The number of carbonyl (C=O) groups excluding carboxylic acids is 1. The van der Waals surface area contributed by atoms with Crippen LogP contribution >= 0.6 is 0 Å². The molecule has 1 heterocycles. The van der Waals surface area contributed by atoms with Gasteiger partial charge < -0.3 is 35.6 Å². The molecule has 0 aromatic heterocycles. The van der Waals surface area contributed by atoms with Gasteiger partial charge in [-0.25, -0.2) is 0 Å². The van der Waals surface area contributed by atoms with Gasteiger partial charge in [0.2, 0.25) is 0 Å². The van der Waals surface area contributed by atoms with Crippen molar-refractivity contribution in [3.8, 4) is 0 Å². The molecule has 0 bridgehead atoms. The van der Waals surface area contributed by atoms with Crippen LogP contribution in [-0.2, 0) is 4.79 Å². The third kappa shape index (κ3) is 12.2. The van der Waals surface area contributed by atoms with Gasteiger partial charge in [0.1, 0.15) is 6.17 Å². The molecule has 8 nitrogen and oxygen atoms in total. The SMILES string of the molecule is CCCCCCC[C@H](O)CCCCCC[C@H](C(=O)[O-])[C@H](O)CC[C@]1(O)C[C@@H](CC2CC[NH2+]C(N)C2)C[C@H]1O. The fraction of sp³-hybridized carbons (Fsp3) is 0.967. The Hall–Kier alpha value is -0.770. The van der Waals surface area contributed by atoms with Gasteiger partial charge in [0.25, 0.3) is 0 Å². The van der Waals surface area contributed by atoms with Crippen LogP contribution < -0.4 is 16.2 Å². The molecule has 0 aromatic rings. The Morgan fingerprint density at radius 2 is 1.61 bits per heavy atom. The average Bonchev–Trinajstić information content (AvgIpc) is 3.14. The first-order chi connectivity index (χ1) is 18.1. The highest BCUT2D eigenvalue weighted by molar-refractivity contribution is 5.68. The summed E-state index contributed by atoms with van der Waals surface area (Å²) in [5, 5.41) is 56.4. The van der Waals surface area contributed by atoms with Crippen LogP contribution in [0.4, 0.5) is 0 Å². The molecule has 0 spiro atoms. The van der Waals surface area contributed by atoms with Crippen molar-refractivity contribution >= 4 is 5.97 Å². The Morgan fingerprint density at radius 1 is 0.974 bits per heavy atom. The van der Waals surface area contributed by atoms with E-state index in [1.807, 2.05) is 0 Å². The third-order valence-corrected chi connectivity index (χ3v) is 9.22. The molecule has 1 saturated heterocycles. The first-order valence-electron chi connectivity index (χ1n) is 15.7. The van der Waals surface area contributed by atoms with Crippen molar-refractivity contribution in [1.29, 1.82) is 0 Å². The van der Waals surface area contributed by atoms with Crippen molar-refractivity contribution in [2.24, 2.45) is 23.5 Å². The molecule has 2 rings (SSSR count). The van der Waals surface area contributed by atoms with Crippen LogP contribution in [0.1, 0.15) is 129 Å². The monoisotopic (exact) mass is 542 g/mol. The summed E-state index contributed by atoms with van der Waals surface area (Å²) >= 11 is 0. The molecule has 2 unspecified atom stereocenters. The lowest BCUT2D eigenvalue weighted by Gasteiger charge is -2.31. The maximum Gasteiger partial charge on any atom is 0.137 e. The van der Waals surface area contributed by atoms with Gasteiger partial charge in [-0.2, -0.15) is 0 Å². The molecule has 1 saturated carbocycles.